The molecule has 5 nitrogen and oxygen atoms in total. The minimum Gasteiger partial charge on any atom is -0.391 e. The maximum Gasteiger partial charge on any atom is 0.411 e. The van der Waals surface area contributed by atoms with Crippen LogP contribution in [0.1, 0.15) is 6.42 Å². The summed E-state index contributed by atoms with van der Waals surface area (Å²) in [5.74, 6) is -0.521. The number of nitrogens with zero attached hydrogens (tertiary/aromatic N) is 2. The molecule has 1 rings (SSSR count). The molecule has 0 aromatic carbocycles. The number of halogens is 3. The second-order valence-corrected chi connectivity index (χ2v) is 4.96. The Labute approximate surface area is 109 Å². The third-order valence-corrected chi connectivity index (χ3v) is 2.78. The van der Waals surface area contributed by atoms with Gasteiger partial charge in [0.05, 0.1) is 6.10 Å². The van der Waals surface area contributed by atoms with E-state index < -0.39 is 31.4 Å². The van der Waals surface area contributed by atoms with Crippen LogP contribution >= 0.6 is 0 Å². The van der Waals surface area contributed by atoms with Gasteiger partial charge in [0.2, 0.25) is 5.91 Å². The molecule has 2 unspecified atom stereocenters. The van der Waals surface area contributed by atoms with E-state index in [1.165, 1.54) is 4.90 Å². The lowest BCUT2D eigenvalue weighted by Crippen LogP contribution is -2.43. The van der Waals surface area contributed by atoms with Crippen LogP contribution < -0.4 is 0 Å². The van der Waals surface area contributed by atoms with Gasteiger partial charge >= 0.3 is 6.18 Å². The fraction of sp³-hybridized carbons (Fsp3) is 0.909. The molecule has 1 N–H and O–H groups in total. The lowest BCUT2D eigenvalue weighted by molar-refractivity contribution is -0.178. The van der Waals surface area contributed by atoms with E-state index in [0.29, 0.717) is 13.0 Å². The number of aliphatic hydroxyl groups is 1. The highest BCUT2D eigenvalue weighted by molar-refractivity contribution is 5.78. The number of ether oxygens (including phenoxy) is 1. The second-order valence-electron chi connectivity index (χ2n) is 4.96. The Balaban J connectivity index is 2.45. The topological polar surface area (TPSA) is 53.0 Å². The molecule has 1 amide bonds. The Morgan fingerprint density at radius 1 is 1.47 bits per heavy atom. The minimum absolute atomic E-state index is 0.146. The zero-order valence-electron chi connectivity index (χ0n) is 11.0. The highest BCUT2D eigenvalue weighted by Gasteiger charge is 2.35. The van der Waals surface area contributed by atoms with E-state index in [-0.39, 0.29) is 12.6 Å². The molecule has 0 radical (unpaired) electrons. The molecule has 1 aliphatic rings. The van der Waals surface area contributed by atoms with Crippen LogP contribution in [0, 0.1) is 0 Å². The molecule has 0 aromatic rings. The Morgan fingerprint density at radius 3 is 2.63 bits per heavy atom. The third-order valence-electron chi connectivity index (χ3n) is 2.78. The first kappa shape index (κ1) is 16.2. The van der Waals surface area contributed by atoms with Crippen LogP contribution in [0.15, 0.2) is 0 Å². The maximum absolute atomic E-state index is 11.9. The van der Waals surface area contributed by atoms with Gasteiger partial charge in [0.25, 0.3) is 0 Å². The highest BCUT2D eigenvalue weighted by Crippen LogP contribution is 2.19. The van der Waals surface area contributed by atoms with Gasteiger partial charge in [-0.05, 0) is 20.5 Å². The molecule has 0 aromatic heterocycles. The van der Waals surface area contributed by atoms with Crippen molar-refractivity contribution in [1.29, 1.82) is 0 Å². The molecule has 0 aliphatic carbocycles. The zero-order valence-corrected chi connectivity index (χ0v) is 11.0. The molecule has 112 valence electrons. The van der Waals surface area contributed by atoms with E-state index in [9.17, 15) is 23.1 Å². The van der Waals surface area contributed by atoms with Crippen molar-refractivity contribution in [2.45, 2.75) is 24.7 Å². The number of hydrogen-bond donors (Lipinski definition) is 1. The first-order valence-electron chi connectivity index (χ1n) is 5.96. The molecule has 1 heterocycles. The van der Waals surface area contributed by atoms with Crippen LogP contribution in [-0.4, -0.2) is 79.5 Å². The van der Waals surface area contributed by atoms with Gasteiger partial charge < -0.3 is 19.6 Å². The predicted molar refractivity (Wildman–Crippen MR) is 61.6 cm³/mol. The normalized spacial score (nSPS) is 24.3. The lowest BCUT2D eigenvalue weighted by atomic mass is 10.2. The molecule has 0 bridgehead atoms. The molecule has 1 fully saturated rings. The number of aliphatic hydroxyl groups excluding tert-OH is 1. The first-order chi connectivity index (χ1) is 8.69. The summed E-state index contributed by atoms with van der Waals surface area (Å²) < 4.78 is 40.0. The smallest absolute Gasteiger partial charge is 0.391 e. The molecule has 0 saturated carbocycles. The fourth-order valence-electron chi connectivity index (χ4n) is 2.13. The Bertz CT molecular complexity index is 310. The number of likely N-dealkylation sites (N-methyl/N-ethyl adjacent to an activating group) is 1. The van der Waals surface area contributed by atoms with E-state index in [4.69, 9.17) is 0 Å². The highest BCUT2D eigenvalue weighted by atomic mass is 19.4. The van der Waals surface area contributed by atoms with Gasteiger partial charge in [-0.25, -0.2) is 0 Å². The third kappa shape index (κ3) is 5.75. The summed E-state index contributed by atoms with van der Waals surface area (Å²) in [6.45, 7) is -1.35. The Morgan fingerprint density at radius 2 is 2.11 bits per heavy atom. The summed E-state index contributed by atoms with van der Waals surface area (Å²) in [5, 5.41) is 9.55. The number of carbonyl (C=O) groups excluding carboxylic acids is 1. The minimum atomic E-state index is -4.44. The average molecular weight is 284 g/mol. The van der Waals surface area contributed by atoms with Crippen molar-refractivity contribution in [1.82, 2.24) is 9.80 Å². The molecule has 2 atom stereocenters. The van der Waals surface area contributed by atoms with E-state index in [2.05, 4.69) is 4.74 Å². The van der Waals surface area contributed by atoms with E-state index >= 15 is 0 Å². The molecular weight excluding hydrogens is 265 g/mol. The monoisotopic (exact) mass is 284 g/mol. The summed E-state index contributed by atoms with van der Waals surface area (Å²) in [6.07, 6.45) is -4.63. The maximum atomic E-state index is 11.9. The van der Waals surface area contributed by atoms with Crippen molar-refractivity contribution in [3.05, 3.63) is 0 Å². The van der Waals surface area contributed by atoms with Gasteiger partial charge in [0.1, 0.15) is 13.2 Å². The number of alkyl halides is 3. The van der Waals surface area contributed by atoms with Gasteiger partial charge in [-0.2, -0.15) is 13.2 Å². The van der Waals surface area contributed by atoms with Crippen molar-refractivity contribution in [2.75, 3.05) is 40.4 Å². The van der Waals surface area contributed by atoms with Gasteiger partial charge in [0, 0.05) is 19.1 Å². The van der Waals surface area contributed by atoms with E-state index in [1.807, 2.05) is 19.0 Å². The van der Waals surface area contributed by atoms with Crippen molar-refractivity contribution in [2.24, 2.45) is 0 Å². The lowest BCUT2D eigenvalue weighted by Gasteiger charge is -2.26. The summed E-state index contributed by atoms with van der Waals surface area (Å²) >= 11 is 0. The summed E-state index contributed by atoms with van der Waals surface area (Å²) in [7, 11) is 3.65. The number of hydrogen-bond acceptors (Lipinski definition) is 4. The number of rotatable bonds is 5. The number of carbonyl (C=O) groups is 1. The van der Waals surface area contributed by atoms with Crippen molar-refractivity contribution < 1.29 is 27.8 Å². The summed E-state index contributed by atoms with van der Waals surface area (Å²) in [4.78, 5) is 15.0. The zero-order chi connectivity index (χ0) is 14.6. The molecule has 0 spiro atoms. The van der Waals surface area contributed by atoms with Crippen LogP contribution in [0.2, 0.25) is 0 Å². The molecule has 8 heteroatoms. The Hall–Kier alpha value is -0.860. The fourth-order valence-corrected chi connectivity index (χ4v) is 2.13. The van der Waals surface area contributed by atoms with Crippen LogP contribution in [0.25, 0.3) is 0 Å². The average Bonchev–Trinajstić information content (AvgIpc) is 2.56. The van der Waals surface area contributed by atoms with Gasteiger partial charge in [-0.3, -0.25) is 4.79 Å². The van der Waals surface area contributed by atoms with Crippen LogP contribution in [0.3, 0.4) is 0 Å². The summed E-state index contributed by atoms with van der Waals surface area (Å²) in [5.41, 5.74) is 0. The molecule has 19 heavy (non-hydrogen) atoms. The molecular formula is C11H19F3N2O3. The quantitative estimate of drug-likeness (QED) is 0.777. The molecule has 1 aliphatic heterocycles. The van der Waals surface area contributed by atoms with Crippen molar-refractivity contribution in [3.63, 3.8) is 0 Å². The van der Waals surface area contributed by atoms with Gasteiger partial charge in [0.15, 0.2) is 0 Å². The van der Waals surface area contributed by atoms with Crippen LogP contribution in [-0.2, 0) is 9.53 Å². The van der Waals surface area contributed by atoms with E-state index in [1.54, 1.807) is 0 Å². The number of amides is 1. The number of likely N-dealkylation sites (tertiary alicyclic amines) is 1. The van der Waals surface area contributed by atoms with Crippen LogP contribution in [0.5, 0.6) is 0 Å². The summed E-state index contributed by atoms with van der Waals surface area (Å²) in [6, 6.07) is -0.188. The first-order valence-corrected chi connectivity index (χ1v) is 5.96. The second kappa shape index (κ2) is 6.53. The molecule has 1 saturated heterocycles. The van der Waals surface area contributed by atoms with Crippen molar-refractivity contribution >= 4 is 5.91 Å². The van der Waals surface area contributed by atoms with Gasteiger partial charge in [-0.1, -0.05) is 0 Å². The van der Waals surface area contributed by atoms with Gasteiger partial charge in [-0.15, -0.1) is 0 Å². The van der Waals surface area contributed by atoms with Crippen molar-refractivity contribution in [3.8, 4) is 0 Å². The van der Waals surface area contributed by atoms with E-state index in [0.717, 1.165) is 0 Å². The standard InChI is InChI=1S/C11H19F3N2O3/c1-15(2)4-8-3-9(17)5-16(8)10(18)6-19-7-11(12,13)14/h8-9,17H,3-7H2,1-2H3. The number of β-amino-alcohol motifs (C(OH)–C–C–N with tert-alkyl or cyclic N) is 1. The predicted octanol–water partition coefficient (Wildman–Crippen LogP) is 0.0887. The van der Waals surface area contributed by atoms with Crippen LogP contribution in [0.4, 0.5) is 13.2 Å². The SMILES string of the molecule is CN(C)CC1CC(O)CN1C(=O)COCC(F)(F)F. The largest absolute Gasteiger partial charge is 0.411 e. The Kier molecular flexibility index (Phi) is 5.57.